The minimum absolute atomic E-state index is 0. The Kier molecular flexibility index (Phi) is 8.32. The van der Waals surface area contributed by atoms with Gasteiger partial charge in [0.25, 0.3) is 0 Å². The molecule has 0 aromatic heterocycles. The van der Waals surface area contributed by atoms with Gasteiger partial charge in [0.15, 0.2) is 0 Å². The maximum Gasteiger partial charge on any atom is 0.220 e. The first kappa shape index (κ1) is 20.7. The second-order valence-electron chi connectivity index (χ2n) is 7.29. The molecule has 0 aromatic rings. The fourth-order valence-corrected chi connectivity index (χ4v) is 4.60. The molecule has 1 aliphatic carbocycles. The van der Waals surface area contributed by atoms with Crippen molar-refractivity contribution in [1.29, 1.82) is 0 Å². The Morgan fingerprint density at radius 3 is 2.43 bits per heavy atom. The van der Waals surface area contributed by atoms with E-state index in [2.05, 4.69) is 31.4 Å². The third-order valence-electron chi connectivity index (χ3n) is 6.42. The number of piperidine rings is 1. The van der Waals surface area contributed by atoms with Crippen molar-refractivity contribution in [3.63, 3.8) is 0 Å². The maximum absolute atomic E-state index is 12.4. The van der Waals surface area contributed by atoms with Crippen LogP contribution in [-0.4, -0.2) is 38.3 Å². The zero-order valence-electron chi connectivity index (χ0n) is 15.2. The number of amides is 1. The summed E-state index contributed by atoms with van der Waals surface area (Å²) in [5, 5.41) is 6.71. The van der Waals surface area contributed by atoms with Crippen LogP contribution < -0.4 is 10.6 Å². The van der Waals surface area contributed by atoms with Gasteiger partial charge in [0.05, 0.1) is 6.10 Å². The maximum atomic E-state index is 12.4. The van der Waals surface area contributed by atoms with Gasteiger partial charge in [-0.1, -0.05) is 20.8 Å². The van der Waals surface area contributed by atoms with Gasteiger partial charge < -0.3 is 15.4 Å². The summed E-state index contributed by atoms with van der Waals surface area (Å²) in [4.78, 5) is 12.4. The summed E-state index contributed by atoms with van der Waals surface area (Å²) < 4.78 is 5.61. The Balaban J connectivity index is 0.00000264. The normalized spacial score (nSPS) is 28.3. The number of ether oxygens (including phenoxy) is 1. The van der Waals surface area contributed by atoms with Crippen LogP contribution >= 0.6 is 12.4 Å². The summed E-state index contributed by atoms with van der Waals surface area (Å²) in [5.74, 6) is 1.41. The topological polar surface area (TPSA) is 50.4 Å². The lowest BCUT2D eigenvalue weighted by atomic mass is 9.58. The standard InChI is InChI=1S/C18H34N2O2.ClH/c1-5-18(6-2)15(12-16(18)22-4)20-17(21)11-13(3)14-7-9-19-10-8-14;/h13-16,19H,5-12H2,1-4H3,(H,20,21);1H. The van der Waals surface area contributed by atoms with Crippen LogP contribution in [-0.2, 0) is 9.53 Å². The molecule has 1 heterocycles. The summed E-state index contributed by atoms with van der Waals surface area (Å²) in [6.07, 6.45) is 6.48. The average molecular weight is 347 g/mol. The number of carbonyl (C=O) groups is 1. The molecule has 4 nitrogen and oxygen atoms in total. The van der Waals surface area contributed by atoms with Gasteiger partial charge in [0, 0.05) is 25.0 Å². The molecule has 23 heavy (non-hydrogen) atoms. The lowest BCUT2D eigenvalue weighted by Gasteiger charge is -2.55. The first-order chi connectivity index (χ1) is 10.6. The van der Waals surface area contributed by atoms with Gasteiger partial charge in [-0.3, -0.25) is 4.79 Å². The Hall–Kier alpha value is -0.320. The van der Waals surface area contributed by atoms with E-state index >= 15 is 0 Å². The molecule has 1 amide bonds. The molecule has 0 bridgehead atoms. The minimum Gasteiger partial charge on any atom is -0.381 e. The lowest BCUT2D eigenvalue weighted by molar-refractivity contribution is -0.142. The molecule has 3 unspecified atom stereocenters. The molecule has 1 saturated carbocycles. The second-order valence-corrected chi connectivity index (χ2v) is 7.29. The highest BCUT2D eigenvalue weighted by atomic mass is 35.5. The van der Waals surface area contributed by atoms with Gasteiger partial charge in [0.2, 0.25) is 5.91 Å². The fourth-order valence-electron chi connectivity index (χ4n) is 4.60. The number of hydrogen-bond donors (Lipinski definition) is 2. The van der Waals surface area contributed by atoms with Gasteiger partial charge in [-0.25, -0.2) is 0 Å². The molecule has 136 valence electrons. The number of nitrogens with one attached hydrogen (secondary N) is 2. The van der Waals surface area contributed by atoms with E-state index < -0.39 is 0 Å². The van der Waals surface area contributed by atoms with E-state index in [1.807, 2.05) is 0 Å². The Morgan fingerprint density at radius 1 is 1.30 bits per heavy atom. The molecular weight excluding hydrogens is 312 g/mol. The van der Waals surface area contributed by atoms with Crippen LogP contribution in [0.4, 0.5) is 0 Å². The minimum atomic E-state index is 0. The smallest absolute Gasteiger partial charge is 0.220 e. The van der Waals surface area contributed by atoms with E-state index in [1.165, 1.54) is 12.8 Å². The van der Waals surface area contributed by atoms with Crippen LogP contribution in [0.2, 0.25) is 0 Å². The fraction of sp³-hybridized carbons (Fsp3) is 0.944. The van der Waals surface area contributed by atoms with E-state index in [0.29, 0.717) is 30.4 Å². The van der Waals surface area contributed by atoms with Crippen LogP contribution in [0.1, 0.15) is 59.3 Å². The molecule has 0 spiro atoms. The lowest BCUT2D eigenvalue weighted by Crippen LogP contribution is -2.64. The highest BCUT2D eigenvalue weighted by Crippen LogP contribution is 2.48. The highest BCUT2D eigenvalue weighted by Gasteiger charge is 2.53. The Labute approximate surface area is 147 Å². The summed E-state index contributed by atoms with van der Waals surface area (Å²) in [6, 6.07) is 0.292. The Morgan fingerprint density at radius 2 is 1.91 bits per heavy atom. The molecule has 1 aliphatic heterocycles. The summed E-state index contributed by atoms with van der Waals surface area (Å²) in [7, 11) is 1.79. The van der Waals surface area contributed by atoms with E-state index in [9.17, 15) is 4.79 Å². The first-order valence-electron chi connectivity index (χ1n) is 9.10. The van der Waals surface area contributed by atoms with Crippen molar-refractivity contribution in [2.45, 2.75) is 71.4 Å². The van der Waals surface area contributed by atoms with Gasteiger partial charge >= 0.3 is 0 Å². The predicted molar refractivity (Wildman–Crippen MR) is 97.0 cm³/mol. The van der Waals surface area contributed by atoms with Crippen LogP contribution in [0.25, 0.3) is 0 Å². The molecule has 2 N–H and O–H groups in total. The predicted octanol–water partition coefficient (Wildman–Crippen LogP) is 3.14. The number of methoxy groups -OCH3 is 1. The number of halogens is 1. The molecule has 0 radical (unpaired) electrons. The van der Waals surface area contributed by atoms with Crippen molar-refractivity contribution >= 4 is 18.3 Å². The summed E-state index contributed by atoms with van der Waals surface area (Å²) in [5.41, 5.74) is 0.141. The van der Waals surface area contributed by atoms with E-state index in [0.717, 1.165) is 32.4 Å². The van der Waals surface area contributed by atoms with Crippen LogP contribution in [0.5, 0.6) is 0 Å². The number of carbonyl (C=O) groups excluding carboxylic acids is 1. The monoisotopic (exact) mass is 346 g/mol. The SMILES string of the molecule is CCC1(CC)C(NC(=O)CC(C)C2CCNCC2)CC1OC.Cl. The second kappa shape index (κ2) is 9.24. The number of hydrogen-bond acceptors (Lipinski definition) is 3. The van der Waals surface area contributed by atoms with Gasteiger partial charge in [-0.15, -0.1) is 12.4 Å². The third kappa shape index (κ3) is 4.40. The van der Waals surface area contributed by atoms with Gasteiger partial charge in [0.1, 0.15) is 0 Å². The van der Waals surface area contributed by atoms with E-state index in [-0.39, 0.29) is 23.7 Å². The van der Waals surface area contributed by atoms with Crippen molar-refractivity contribution in [3.8, 4) is 0 Å². The largest absolute Gasteiger partial charge is 0.381 e. The Bertz CT molecular complexity index is 368. The molecule has 2 rings (SSSR count). The van der Waals surface area contributed by atoms with E-state index in [1.54, 1.807) is 7.11 Å². The average Bonchev–Trinajstić information content (AvgIpc) is 2.53. The van der Waals surface area contributed by atoms with Gasteiger partial charge in [-0.2, -0.15) is 0 Å². The summed E-state index contributed by atoms with van der Waals surface area (Å²) >= 11 is 0. The van der Waals surface area contributed by atoms with Crippen molar-refractivity contribution in [3.05, 3.63) is 0 Å². The first-order valence-corrected chi connectivity index (χ1v) is 9.10. The van der Waals surface area contributed by atoms with Crippen molar-refractivity contribution in [2.75, 3.05) is 20.2 Å². The molecule has 1 saturated heterocycles. The van der Waals surface area contributed by atoms with Crippen LogP contribution in [0.15, 0.2) is 0 Å². The molecule has 2 fully saturated rings. The van der Waals surface area contributed by atoms with Crippen molar-refractivity contribution in [1.82, 2.24) is 10.6 Å². The molecule has 2 aliphatic rings. The van der Waals surface area contributed by atoms with Crippen LogP contribution in [0.3, 0.4) is 0 Å². The zero-order valence-corrected chi connectivity index (χ0v) is 16.0. The van der Waals surface area contributed by atoms with Crippen molar-refractivity contribution < 1.29 is 9.53 Å². The molecular formula is C18H35ClN2O2. The highest BCUT2D eigenvalue weighted by molar-refractivity contribution is 5.85. The molecule has 5 heteroatoms. The van der Waals surface area contributed by atoms with Crippen molar-refractivity contribution in [2.24, 2.45) is 17.3 Å². The molecule has 3 atom stereocenters. The van der Waals surface area contributed by atoms with E-state index in [4.69, 9.17) is 4.74 Å². The molecule has 0 aromatic carbocycles. The van der Waals surface area contributed by atoms with Crippen LogP contribution in [0, 0.1) is 17.3 Å². The quantitative estimate of drug-likeness (QED) is 0.744. The van der Waals surface area contributed by atoms with Gasteiger partial charge in [-0.05, 0) is 57.0 Å². The number of rotatable bonds is 7. The third-order valence-corrected chi connectivity index (χ3v) is 6.42. The zero-order chi connectivity index (χ0) is 16.2. The summed E-state index contributed by atoms with van der Waals surface area (Å²) in [6.45, 7) is 8.87.